The van der Waals surface area contributed by atoms with Crippen molar-refractivity contribution in [3.63, 3.8) is 0 Å². The summed E-state index contributed by atoms with van der Waals surface area (Å²) in [4.78, 5) is 19.0. The molecule has 30 heavy (non-hydrogen) atoms. The molecule has 1 aromatic rings. The molecule has 4 aliphatic rings. The minimum absolute atomic E-state index is 0.323. The van der Waals surface area contributed by atoms with Gasteiger partial charge in [0, 0.05) is 25.7 Å². The Kier molecular flexibility index (Phi) is 4.87. The fourth-order valence-electron chi connectivity index (χ4n) is 8.69. The van der Waals surface area contributed by atoms with Crippen LogP contribution in [0.4, 0.5) is 0 Å². The lowest BCUT2D eigenvalue weighted by atomic mass is 9.46. The quantitative estimate of drug-likeness (QED) is 0.607. The minimum Gasteiger partial charge on any atom is -0.342 e. The van der Waals surface area contributed by atoms with E-state index < -0.39 is 0 Å². The number of rotatable bonds is 2. The number of fused-ring (bicyclic) bond motifs is 5. The molecule has 0 spiro atoms. The fraction of sp³-hybridized carbons (Fsp3) is 0.704. The Bertz CT molecular complexity index is 848. The summed E-state index contributed by atoms with van der Waals surface area (Å²) >= 11 is 0. The first-order chi connectivity index (χ1) is 14.3. The summed E-state index contributed by atoms with van der Waals surface area (Å²) in [7, 11) is 2.06. The summed E-state index contributed by atoms with van der Waals surface area (Å²) in [6.45, 7) is 7.48. The maximum atomic E-state index is 12.4. The number of carbonyl (C=O) groups excluding carboxylic acids is 1. The average Bonchev–Trinajstić information content (AvgIpc) is 3.09. The molecule has 7 atom stereocenters. The van der Waals surface area contributed by atoms with E-state index >= 15 is 0 Å². The third kappa shape index (κ3) is 2.91. The molecule has 3 saturated carbocycles. The highest BCUT2D eigenvalue weighted by Gasteiger charge is 2.61. The van der Waals surface area contributed by atoms with Crippen molar-refractivity contribution >= 4 is 12.0 Å². The number of aromatic nitrogens is 1. The molecule has 1 saturated heterocycles. The fourth-order valence-corrected chi connectivity index (χ4v) is 8.69. The van der Waals surface area contributed by atoms with E-state index in [0.717, 1.165) is 36.3 Å². The van der Waals surface area contributed by atoms with E-state index in [1.54, 1.807) is 0 Å². The number of amides is 1. The van der Waals surface area contributed by atoms with E-state index in [-0.39, 0.29) is 0 Å². The van der Waals surface area contributed by atoms with Crippen LogP contribution in [-0.2, 0) is 4.79 Å². The third-order valence-electron chi connectivity index (χ3n) is 10.2. The van der Waals surface area contributed by atoms with Gasteiger partial charge in [0.1, 0.15) is 0 Å². The number of nitrogens with zero attached hydrogens (tertiary/aromatic N) is 2. The van der Waals surface area contributed by atoms with Gasteiger partial charge in [0.05, 0.1) is 5.69 Å². The van der Waals surface area contributed by atoms with Crippen molar-refractivity contribution in [1.29, 1.82) is 0 Å². The first-order valence-corrected chi connectivity index (χ1v) is 12.2. The van der Waals surface area contributed by atoms with Crippen LogP contribution in [0.1, 0.15) is 77.8 Å². The van der Waals surface area contributed by atoms with Gasteiger partial charge in [-0.15, -0.1) is 0 Å². The van der Waals surface area contributed by atoms with E-state index in [0.29, 0.717) is 28.7 Å². The molecular formula is C27H38N2O. The zero-order valence-corrected chi connectivity index (χ0v) is 19.2. The smallest absolute Gasteiger partial charge is 0.222 e. The highest BCUT2D eigenvalue weighted by atomic mass is 16.2. The number of likely N-dealkylation sites (tertiary alicyclic amines) is 1. The Hall–Kier alpha value is -1.64. The van der Waals surface area contributed by atoms with Crippen molar-refractivity contribution in [3.8, 4) is 0 Å². The van der Waals surface area contributed by atoms with Crippen LogP contribution < -0.4 is 0 Å². The molecule has 0 aromatic carbocycles. The summed E-state index contributed by atoms with van der Waals surface area (Å²) in [6, 6.07) is 6.67. The van der Waals surface area contributed by atoms with E-state index in [1.807, 2.05) is 12.3 Å². The van der Waals surface area contributed by atoms with Crippen LogP contribution in [0.3, 0.4) is 0 Å². The zero-order chi connectivity index (χ0) is 21.1. The topological polar surface area (TPSA) is 33.2 Å². The molecular weight excluding hydrogens is 368 g/mol. The van der Waals surface area contributed by atoms with Crippen LogP contribution in [-0.4, -0.2) is 28.9 Å². The molecule has 1 amide bonds. The Morgan fingerprint density at radius 1 is 1.07 bits per heavy atom. The van der Waals surface area contributed by atoms with Crippen LogP contribution in [0, 0.1) is 34.5 Å². The van der Waals surface area contributed by atoms with Gasteiger partial charge in [0.2, 0.25) is 5.91 Å². The second-order valence-corrected chi connectivity index (χ2v) is 11.3. The summed E-state index contributed by atoms with van der Waals surface area (Å²) in [6.07, 6.45) is 14.0. The molecule has 1 aromatic heterocycles. The first kappa shape index (κ1) is 20.3. The molecule has 4 fully saturated rings. The molecule has 3 nitrogen and oxygen atoms in total. The predicted molar refractivity (Wildman–Crippen MR) is 122 cm³/mol. The van der Waals surface area contributed by atoms with Crippen molar-refractivity contribution in [2.75, 3.05) is 7.05 Å². The molecule has 5 rings (SSSR count). The number of hydrogen-bond acceptors (Lipinski definition) is 2. The standard InChI is InChI=1S/C27H38N2O/c1-18(17-19-7-5-6-16-28-19)21-9-10-22-20-8-11-24-27(3,15-13-25(30)29(24)4)23(20)12-14-26(21,22)2/h5-7,16-17,20-24H,8-15H2,1-4H3/t20-,21+,22-,23-,24+,26+,27+/m0/s1. The largest absolute Gasteiger partial charge is 0.342 e. The number of pyridine rings is 1. The van der Waals surface area contributed by atoms with E-state index in [9.17, 15) is 4.79 Å². The molecule has 162 valence electrons. The minimum atomic E-state index is 0.323. The SMILES string of the molecule is CC(=Cc1ccccn1)[C@H]1CC[C@H]2[C@@H]3CC[C@H]4N(C)C(=O)CC[C@]4(C)[C@H]3CC[C@]12C. The number of allylic oxidation sites excluding steroid dienone is 1. The lowest BCUT2D eigenvalue weighted by Crippen LogP contribution is -2.61. The monoisotopic (exact) mass is 406 g/mol. The lowest BCUT2D eigenvalue weighted by Gasteiger charge is -2.62. The van der Waals surface area contributed by atoms with Gasteiger partial charge in [-0.2, -0.15) is 0 Å². The predicted octanol–water partition coefficient (Wildman–Crippen LogP) is 5.96. The molecule has 0 N–H and O–H groups in total. The number of carbonyl (C=O) groups is 1. The lowest BCUT2D eigenvalue weighted by molar-refractivity contribution is -0.157. The molecule has 2 heterocycles. The van der Waals surface area contributed by atoms with Gasteiger partial charge >= 0.3 is 0 Å². The Morgan fingerprint density at radius 3 is 2.63 bits per heavy atom. The molecule has 0 bridgehead atoms. The van der Waals surface area contributed by atoms with E-state index in [4.69, 9.17) is 0 Å². The molecule has 0 radical (unpaired) electrons. The first-order valence-electron chi connectivity index (χ1n) is 12.2. The van der Waals surface area contributed by atoms with Gasteiger partial charge in [-0.05, 0) is 105 Å². The van der Waals surface area contributed by atoms with Crippen LogP contribution in [0.5, 0.6) is 0 Å². The van der Waals surface area contributed by atoms with Gasteiger partial charge in [-0.1, -0.05) is 25.5 Å². The average molecular weight is 407 g/mol. The third-order valence-corrected chi connectivity index (χ3v) is 10.2. The van der Waals surface area contributed by atoms with Gasteiger partial charge in [0.15, 0.2) is 0 Å². The highest BCUT2D eigenvalue weighted by molar-refractivity contribution is 5.77. The van der Waals surface area contributed by atoms with Crippen molar-refractivity contribution < 1.29 is 4.79 Å². The molecule has 3 heteroatoms. The Labute approximate surface area is 182 Å². The normalized spacial score (nSPS) is 43.7. The molecule has 3 aliphatic carbocycles. The van der Waals surface area contributed by atoms with Crippen LogP contribution in [0.2, 0.25) is 0 Å². The van der Waals surface area contributed by atoms with Gasteiger partial charge < -0.3 is 4.90 Å². The van der Waals surface area contributed by atoms with Crippen LogP contribution in [0.15, 0.2) is 30.0 Å². The molecule has 0 unspecified atom stereocenters. The summed E-state index contributed by atoms with van der Waals surface area (Å²) in [5, 5.41) is 0. The van der Waals surface area contributed by atoms with Crippen LogP contribution in [0.25, 0.3) is 6.08 Å². The molecule has 1 aliphatic heterocycles. The van der Waals surface area contributed by atoms with Crippen LogP contribution >= 0.6 is 0 Å². The van der Waals surface area contributed by atoms with Gasteiger partial charge in [-0.25, -0.2) is 0 Å². The second-order valence-electron chi connectivity index (χ2n) is 11.3. The maximum Gasteiger partial charge on any atom is 0.222 e. The number of piperidine rings is 1. The summed E-state index contributed by atoms with van der Waals surface area (Å²) in [5.74, 6) is 3.54. The van der Waals surface area contributed by atoms with Crippen molar-refractivity contribution in [2.24, 2.45) is 34.5 Å². The van der Waals surface area contributed by atoms with E-state index in [2.05, 4.69) is 55.9 Å². The Balaban J connectivity index is 1.40. The number of hydrogen-bond donors (Lipinski definition) is 0. The van der Waals surface area contributed by atoms with Crippen molar-refractivity contribution in [2.45, 2.75) is 78.2 Å². The summed E-state index contributed by atoms with van der Waals surface area (Å²) in [5.41, 5.74) is 3.37. The van der Waals surface area contributed by atoms with Crippen molar-refractivity contribution in [1.82, 2.24) is 9.88 Å². The van der Waals surface area contributed by atoms with Gasteiger partial charge in [-0.3, -0.25) is 9.78 Å². The maximum absolute atomic E-state index is 12.4. The van der Waals surface area contributed by atoms with Gasteiger partial charge in [0.25, 0.3) is 0 Å². The van der Waals surface area contributed by atoms with E-state index in [1.165, 1.54) is 44.1 Å². The zero-order valence-electron chi connectivity index (χ0n) is 19.2. The highest BCUT2D eigenvalue weighted by Crippen LogP contribution is 2.67. The Morgan fingerprint density at radius 2 is 1.87 bits per heavy atom. The summed E-state index contributed by atoms with van der Waals surface area (Å²) < 4.78 is 0. The second kappa shape index (κ2) is 7.21. The van der Waals surface area contributed by atoms with Crippen molar-refractivity contribution in [3.05, 3.63) is 35.7 Å².